The molecule has 0 radical (unpaired) electrons. The topological polar surface area (TPSA) is 51.0 Å². The summed E-state index contributed by atoms with van der Waals surface area (Å²) in [6.07, 6.45) is 5.88. The number of likely N-dealkylation sites (N-methyl/N-ethyl adjacent to an activating group) is 1. The maximum absolute atomic E-state index is 5.45. The van der Waals surface area contributed by atoms with Crippen LogP contribution >= 0.6 is 0 Å². The highest BCUT2D eigenvalue weighted by Gasteiger charge is 2.36. The van der Waals surface area contributed by atoms with E-state index in [9.17, 15) is 0 Å². The van der Waals surface area contributed by atoms with Gasteiger partial charge in [-0.3, -0.25) is 0 Å². The van der Waals surface area contributed by atoms with Gasteiger partial charge in [0.05, 0.1) is 0 Å². The molecule has 4 heteroatoms. The molecule has 1 saturated carbocycles. The van der Waals surface area contributed by atoms with Gasteiger partial charge in [0.15, 0.2) is 5.82 Å². The lowest BCUT2D eigenvalue weighted by Gasteiger charge is -2.36. The summed E-state index contributed by atoms with van der Waals surface area (Å²) in [5, 5.41) is 7.17. The molecule has 1 unspecified atom stereocenters. The van der Waals surface area contributed by atoms with Crippen LogP contribution in [0.4, 0.5) is 0 Å². The first kappa shape index (κ1) is 12.6. The normalized spacial score (nSPS) is 23.8. The van der Waals surface area contributed by atoms with Crippen LogP contribution in [-0.4, -0.2) is 23.7 Å². The SMILES string of the molecule is CNCCc1noc(C2CCCCC2(C)C)n1. The molecule has 0 spiro atoms. The summed E-state index contributed by atoms with van der Waals surface area (Å²) in [5.74, 6) is 2.11. The van der Waals surface area contributed by atoms with E-state index in [4.69, 9.17) is 4.52 Å². The summed E-state index contributed by atoms with van der Waals surface area (Å²) in [6.45, 7) is 5.52. The van der Waals surface area contributed by atoms with Crippen molar-refractivity contribution < 1.29 is 4.52 Å². The van der Waals surface area contributed by atoms with Crippen molar-refractivity contribution in [3.63, 3.8) is 0 Å². The average Bonchev–Trinajstić information content (AvgIpc) is 2.74. The largest absolute Gasteiger partial charge is 0.339 e. The maximum atomic E-state index is 5.45. The van der Waals surface area contributed by atoms with Crippen LogP contribution in [0.15, 0.2) is 4.52 Å². The van der Waals surface area contributed by atoms with Crippen LogP contribution < -0.4 is 5.32 Å². The van der Waals surface area contributed by atoms with Crippen LogP contribution in [0, 0.1) is 5.41 Å². The quantitative estimate of drug-likeness (QED) is 0.874. The van der Waals surface area contributed by atoms with E-state index in [0.29, 0.717) is 11.3 Å². The summed E-state index contributed by atoms with van der Waals surface area (Å²) >= 11 is 0. The Hall–Kier alpha value is -0.900. The second kappa shape index (κ2) is 5.17. The number of aromatic nitrogens is 2. The number of nitrogens with zero attached hydrogens (tertiary/aromatic N) is 2. The van der Waals surface area contributed by atoms with Crippen molar-refractivity contribution in [1.82, 2.24) is 15.5 Å². The fourth-order valence-corrected chi connectivity index (χ4v) is 2.70. The van der Waals surface area contributed by atoms with Gasteiger partial charge in [-0.2, -0.15) is 4.98 Å². The summed E-state index contributed by atoms with van der Waals surface area (Å²) in [7, 11) is 1.94. The van der Waals surface area contributed by atoms with Gasteiger partial charge in [-0.25, -0.2) is 0 Å². The van der Waals surface area contributed by atoms with Crippen molar-refractivity contribution in [2.45, 2.75) is 51.9 Å². The minimum atomic E-state index is 0.297. The van der Waals surface area contributed by atoms with E-state index in [1.165, 1.54) is 25.7 Å². The fraction of sp³-hybridized carbons (Fsp3) is 0.846. The molecule has 1 N–H and O–H groups in total. The molecule has 1 aromatic rings. The van der Waals surface area contributed by atoms with Gasteiger partial charge in [-0.05, 0) is 25.3 Å². The number of rotatable bonds is 4. The Balaban J connectivity index is 2.07. The summed E-state index contributed by atoms with van der Waals surface area (Å²) < 4.78 is 5.45. The lowest BCUT2D eigenvalue weighted by atomic mass is 9.69. The highest BCUT2D eigenvalue weighted by atomic mass is 16.5. The van der Waals surface area contributed by atoms with E-state index in [2.05, 4.69) is 29.3 Å². The van der Waals surface area contributed by atoms with Gasteiger partial charge in [-0.15, -0.1) is 0 Å². The molecule has 0 bridgehead atoms. The van der Waals surface area contributed by atoms with Gasteiger partial charge in [0.1, 0.15) is 0 Å². The van der Waals surface area contributed by atoms with Crippen LogP contribution in [-0.2, 0) is 6.42 Å². The average molecular weight is 237 g/mol. The molecular weight excluding hydrogens is 214 g/mol. The van der Waals surface area contributed by atoms with Crippen molar-refractivity contribution in [2.24, 2.45) is 5.41 Å². The zero-order valence-corrected chi connectivity index (χ0v) is 11.1. The third-order valence-corrected chi connectivity index (χ3v) is 3.89. The molecule has 1 aliphatic carbocycles. The van der Waals surface area contributed by atoms with Crippen LogP contribution in [0.1, 0.15) is 57.2 Å². The third kappa shape index (κ3) is 2.86. The van der Waals surface area contributed by atoms with E-state index < -0.39 is 0 Å². The smallest absolute Gasteiger partial charge is 0.230 e. The van der Waals surface area contributed by atoms with E-state index in [0.717, 1.165) is 24.7 Å². The number of hydrogen-bond acceptors (Lipinski definition) is 4. The van der Waals surface area contributed by atoms with Crippen molar-refractivity contribution >= 4 is 0 Å². The standard InChI is InChI=1S/C13H23N3O/c1-13(2)8-5-4-6-10(13)12-15-11(16-17-12)7-9-14-3/h10,14H,4-9H2,1-3H3. The van der Waals surface area contributed by atoms with Gasteiger partial charge >= 0.3 is 0 Å². The Morgan fingerprint density at radius 2 is 2.24 bits per heavy atom. The second-order valence-electron chi connectivity index (χ2n) is 5.69. The predicted octanol–water partition coefficient (Wildman–Crippen LogP) is 2.52. The minimum Gasteiger partial charge on any atom is -0.339 e. The molecule has 0 amide bonds. The van der Waals surface area contributed by atoms with Gasteiger partial charge in [-0.1, -0.05) is 31.8 Å². The zero-order chi connectivity index (χ0) is 12.3. The molecule has 1 heterocycles. The van der Waals surface area contributed by atoms with Crippen molar-refractivity contribution in [2.75, 3.05) is 13.6 Å². The first-order valence-electron chi connectivity index (χ1n) is 6.60. The maximum Gasteiger partial charge on any atom is 0.230 e. The van der Waals surface area contributed by atoms with Crippen molar-refractivity contribution in [3.05, 3.63) is 11.7 Å². The zero-order valence-electron chi connectivity index (χ0n) is 11.1. The number of nitrogens with one attached hydrogen (secondary N) is 1. The van der Waals surface area contributed by atoms with Crippen LogP contribution in [0.3, 0.4) is 0 Å². The molecular formula is C13H23N3O. The molecule has 1 atom stereocenters. The Bertz CT molecular complexity index is 359. The van der Waals surface area contributed by atoms with E-state index in [1.54, 1.807) is 0 Å². The number of hydrogen-bond donors (Lipinski definition) is 1. The Morgan fingerprint density at radius 3 is 2.94 bits per heavy atom. The monoisotopic (exact) mass is 237 g/mol. The van der Waals surface area contributed by atoms with Crippen molar-refractivity contribution in [1.29, 1.82) is 0 Å². The molecule has 0 aromatic carbocycles. The van der Waals surface area contributed by atoms with Crippen LogP contribution in [0.2, 0.25) is 0 Å². The van der Waals surface area contributed by atoms with Gasteiger partial charge < -0.3 is 9.84 Å². The Labute approximate surface area is 103 Å². The molecule has 1 aromatic heterocycles. The van der Waals surface area contributed by atoms with Crippen LogP contribution in [0.5, 0.6) is 0 Å². The summed E-state index contributed by atoms with van der Waals surface area (Å²) in [4.78, 5) is 4.55. The fourth-order valence-electron chi connectivity index (χ4n) is 2.70. The van der Waals surface area contributed by atoms with E-state index in [-0.39, 0.29) is 0 Å². The van der Waals surface area contributed by atoms with E-state index >= 15 is 0 Å². The molecule has 4 nitrogen and oxygen atoms in total. The lowest BCUT2D eigenvalue weighted by Crippen LogP contribution is -2.26. The molecule has 0 saturated heterocycles. The highest BCUT2D eigenvalue weighted by molar-refractivity contribution is 5.02. The first-order valence-corrected chi connectivity index (χ1v) is 6.60. The molecule has 17 heavy (non-hydrogen) atoms. The molecule has 2 rings (SSSR count). The van der Waals surface area contributed by atoms with Gasteiger partial charge in [0.25, 0.3) is 0 Å². The highest BCUT2D eigenvalue weighted by Crippen LogP contribution is 2.45. The molecule has 0 aliphatic heterocycles. The summed E-state index contributed by atoms with van der Waals surface area (Å²) in [6, 6.07) is 0. The van der Waals surface area contributed by atoms with Gasteiger partial charge in [0.2, 0.25) is 5.89 Å². The summed E-state index contributed by atoms with van der Waals surface area (Å²) in [5.41, 5.74) is 0.297. The Kier molecular flexibility index (Phi) is 3.82. The van der Waals surface area contributed by atoms with E-state index in [1.807, 2.05) is 7.05 Å². The first-order chi connectivity index (χ1) is 8.13. The lowest BCUT2D eigenvalue weighted by molar-refractivity contribution is 0.164. The molecule has 1 aliphatic rings. The van der Waals surface area contributed by atoms with Crippen LogP contribution in [0.25, 0.3) is 0 Å². The van der Waals surface area contributed by atoms with Crippen molar-refractivity contribution in [3.8, 4) is 0 Å². The molecule has 1 fully saturated rings. The Morgan fingerprint density at radius 1 is 1.41 bits per heavy atom. The molecule has 96 valence electrons. The minimum absolute atomic E-state index is 0.297. The second-order valence-corrected chi connectivity index (χ2v) is 5.69. The third-order valence-electron chi connectivity index (χ3n) is 3.89. The van der Waals surface area contributed by atoms with Gasteiger partial charge in [0, 0.05) is 18.9 Å². The predicted molar refractivity (Wildman–Crippen MR) is 66.9 cm³/mol.